The van der Waals surface area contributed by atoms with E-state index in [1.165, 1.54) is 5.39 Å². The predicted molar refractivity (Wildman–Crippen MR) is 159 cm³/mol. The lowest BCUT2D eigenvalue weighted by Crippen LogP contribution is -2.01. The van der Waals surface area contributed by atoms with E-state index in [0.717, 1.165) is 39.5 Å². The fraction of sp³-hybridized carbons (Fsp3) is 0.0606. The van der Waals surface area contributed by atoms with Crippen molar-refractivity contribution in [3.05, 3.63) is 132 Å². The van der Waals surface area contributed by atoms with Gasteiger partial charge in [0.25, 0.3) is 0 Å². The summed E-state index contributed by atoms with van der Waals surface area (Å²) in [6.07, 6.45) is 13.6. The Morgan fingerprint density at radius 2 is 1.73 bits per heavy atom. The van der Waals surface area contributed by atoms with E-state index in [0.29, 0.717) is 18.1 Å². The zero-order chi connectivity index (χ0) is 27.1. The van der Waals surface area contributed by atoms with Crippen molar-refractivity contribution in [1.82, 2.24) is 24.7 Å². The number of hydrogen-bond acceptors (Lipinski definition) is 5. The van der Waals surface area contributed by atoms with E-state index in [-0.39, 0.29) is 0 Å². The molecule has 6 aromatic rings. The molecule has 1 N–H and O–H groups in total. The van der Waals surface area contributed by atoms with Crippen LogP contribution in [0.1, 0.15) is 28.2 Å². The Labute approximate surface area is 232 Å². The Kier molecular flexibility index (Phi) is 7.17. The van der Waals surface area contributed by atoms with Crippen LogP contribution in [0, 0.1) is 0 Å². The molecule has 7 heteroatoms. The normalized spacial score (nSPS) is 11.5. The van der Waals surface area contributed by atoms with E-state index in [2.05, 4.69) is 45.3 Å². The Morgan fingerprint density at radius 1 is 0.825 bits per heavy atom. The van der Waals surface area contributed by atoms with Gasteiger partial charge in [0.1, 0.15) is 18.1 Å². The molecule has 2 aromatic carbocycles. The van der Waals surface area contributed by atoms with Crippen LogP contribution in [0.4, 0.5) is 0 Å². The summed E-state index contributed by atoms with van der Waals surface area (Å²) in [6.45, 7) is 0.387. The van der Waals surface area contributed by atoms with Crippen molar-refractivity contribution in [3.8, 4) is 17.3 Å². The predicted octanol–water partition coefficient (Wildman–Crippen LogP) is 7.07. The summed E-state index contributed by atoms with van der Waals surface area (Å²) in [6, 6.07) is 27.7. The van der Waals surface area contributed by atoms with Crippen molar-refractivity contribution in [3.63, 3.8) is 0 Å². The van der Waals surface area contributed by atoms with Gasteiger partial charge in [0, 0.05) is 35.7 Å². The summed E-state index contributed by atoms with van der Waals surface area (Å²) in [4.78, 5) is 12.1. The number of nitrogens with zero attached hydrogens (tertiary/aromatic N) is 4. The molecule has 196 valence electrons. The molecule has 0 saturated carbocycles. The van der Waals surface area contributed by atoms with E-state index in [1.807, 2.05) is 89.8 Å². The fourth-order valence-electron chi connectivity index (χ4n) is 4.36. The van der Waals surface area contributed by atoms with Crippen LogP contribution in [0.5, 0.6) is 11.5 Å². The standard InChI is InChI=1S/C33H27N5O2/c1-39-32-22-30(40-23-28-6-2-4-17-34-28)15-12-26(32)11-14-29-21-27(37-38(29)33-7-3-5-18-36-33)13-9-24-8-10-25-16-19-35-31(25)20-24/h2-22,35H,23H2,1H3. The molecule has 7 nitrogen and oxygen atoms in total. The second-order valence-electron chi connectivity index (χ2n) is 9.10. The van der Waals surface area contributed by atoms with Gasteiger partial charge in [-0.3, -0.25) is 4.98 Å². The first-order valence-electron chi connectivity index (χ1n) is 12.9. The van der Waals surface area contributed by atoms with Gasteiger partial charge >= 0.3 is 0 Å². The topological polar surface area (TPSA) is 77.9 Å². The number of aromatic nitrogens is 5. The zero-order valence-electron chi connectivity index (χ0n) is 21.9. The van der Waals surface area contributed by atoms with Crippen LogP contribution >= 0.6 is 0 Å². The first-order chi connectivity index (χ1) is 19.7. The Bertz CT molecular complexity index is 1790. The SMILES string of the molecule is COc1cc(OCc2ccccn2)ccc1C=Cc1cc(C=Cc2ccc3cc[nH]c3c2)nn1-c1ccccn1. The lowest BCUT2D eigenvalue weighted by molar-refractivity contribution is 0.299. The maximum atomic E-state index is 5.92. The molecule has 0 spiro atoms. The highest BCUT2D eigenvalue weighted by molar-refractivity contribution is 5.83. The highest BCUT2D eigenvalue weighted by Gasteiger charge is 2.09. The second kappa shape index (κ2) is 11.5. The van der Waals surface area contributed by atoms with Crippen molar-refractivity contribution < 1.29 is 9.47 Å². The van der Waals surface area contributed by atoms with E-state index in [1.54, 1.807) is 19.5 Å². The van der Waals surface area contributed by atoms with E-state index < -0.39 is 0 Å². The molecule has 0 radical (unpaired) electrons. The van der Waals surface area contributed by atoms with Crippen LogP contribution in [0.3, 0.4) is 0 Å². The maximum Gasteiger partial charge on any atom is 0.153 e. The summed E-state index contributed by atoms with van der Waals surface area (Å²) in [7, 11) is 1.65. The number of aromatic amines is 1. The van der Waals surface area contributed by atoms with Crippen LogP contribution in [0.2, 0.25) is 0 Å². The van der Waals surface area contributed by atoms with Gasteiger partial charge in [-0.1, -0.05) is 30.3 Å². The van der Waals surface area contributed by atoms with Gasteiger partial charge in [0.2, 0.25) is 0 Å². The number of benzene rings is 2. The van der Waals surface area contributed by atoms with E-state index in [9.17, 15) is 0 Å². The van der Waals surface area contributed by atoms with Crippen molar-refractivity contribution in [2.24, 2.45) is 0 Å². The lowest BCUT2D eigenvalue weighted by Gasteiger charge is -2.10. The molecule has 6 rings (SSSR count). The third-order valence-corrected chi connectivity index (χ3v) is 6.40. The summed E-state index contributed by atoms with van der Waals surface area (Å²) in [5.74, 6) is 2.15. The first kappa shape index (κ1) is 24.9. The summed E-state index contributed by atoms with van der Waals surface area (Å²) < 4.78 is 13.4. The average molecular weight is 526 g/mol. The van der Waals surface area contributed by atoms with Gasteiger partial charge in [0.15, 0.2) is 5.82 Å². The Hall–Kier alpha value is -5.43. The monoisotopic (exact) mass is 525 g/mol. The average Bonchev–Trinajstić information content (AvgIpc) is 3.66. The number of rotatable bonds is 9. The summed E-state index contributed by atoms with van der Waals surface area (Å²) >= 11 is 0. The highest BCUT2D eigenvalue weighted by Crippen LogP contribution is 2.27. The largest absolute Gasteiger partial charge is 0.496 e. The highest BCUT2D eigenvalue weighted by atomic mass is 16.5. The van der Waals surface area contributed by atoms with Gasteiger partial charge in [-0.05, 0) is 83.8 Å². The van der Waals surface area contributed by atoms with Crippen molar-refractivity contribution in [2.45, 2.75) is 6.61 Å². The van der Waals surface area contributed by atoms with Crippen LogP contribution in [-0.4, -0.2) is 31.8 Å². The molecular weight excluding hydrogens is 498 g/mol. The van der Waals surface area contributed by atoms with E-state index in [4.69, 9.17) is 14.6 Å². The second-order valence-corrected chi connectivity index (χ2v) is 9.10. The Morgan fingerprint density at radius 3 is 2.55 bits per heavy atom. The number of fused-ring (bicyclic) bond motifs is 1. The molecule has 0 aliphatic heterocycles. The number of ether oxygens (including phenoxy) is 2. The quantitative estimate of drug-likeness (QED) is 0.218. The zero-order valence-corrected chi connectivity index (χ0v) is 21.9. The summed E-state index contributed by atoms with van der Waals surface area (Å²) in [5.41, 5.74) is 5.68. The number of hydrogen-bond donors (Lipinski definition) is 1. The van der Waals surface area contributed by atoms with Gasteiger partial charge in [-0.2, -0.15) is 5.10 Å². The van der Waals surface area contributed by atoms with Crippen LogP contribution in [0.25, 0.3) is 41.0 Å². The molecule has 0 amide bonds. The van der Waals surface area contributed by atoms with Crippen molar-refractivity contribution >= 4 is 35.2 Å². The maximum absolute atomic E-state index is 5.92. The number of pyridine rings is 2. The molecule has 0 atom stereocenters. The molecule has 4 heterocycles. The minimum absolute atomic E-state index is 0.387. The number of methoxy groups -OCH3 is 1. The van der Waals surface area contributed by atoms with Gasteiger partial charge < -0.3 is 14.5 Å². The van der Waals surface area contributed by atoms with Crippen LogP contribution in [-0.2, 0) is 6.61 Å². The Balaban J connectivity index is 1.26. The number of H-pyrrole nitrogens is 1. The molecule has 0 unspecified atom stereocenters. The molecule has 0 aliphatic carbocycles. The van der Waals surface area contributed by atoms with Crippen molar-refractivity contribution in [2.75, 3.05) is 7.11 Å². The van der Waals surface area contributed by atoms with Gasteiger partial charge in [-0.15, -0.1) is 0 Å². The third-order valence-electron chi connectivity index (χ3n) is 6.40. The fourth-order valence-corrected chi connectivity index (χ4v) is 4.36. The molecule has 0 bridgehead atoms. The van der Waals surface area contributed by atoms with Gasteiger partial charge in [-0.25, -0.2) is 9.67 Å². The van der Waals surface area contributed by atoms with Crippen molar-refractivity contribution in [1.29, 1.82) is 0 Å². The molecular formula is C33H27N5O2. The smallest absolute Gasteiger partial charge is 0.153 e. The first-order valence-corrected chi connectivity index (χ1v) is 12.9. The molecule has 40 heavy (non-hydrogen) atoms. The minimum Gasteiger partial charge on any atom is -0.496 e. The van der Waals surface area contributed by atoms with E-state index >= 15 is 0 Å². The lowest BCUT2D eigenvalue weighted by atomic mass is 10.1. The number of nitrogens with one attached hydrogen (secondary N) is 1. The van der Waals surface area contributed by atoms with Gasteiger partial charge in [0.05, 0.1) is 24.2 Å². The third kappa shape index (κ3) is 5.68. The summed E-state index contributed by atoms with van der Waals surface area (Å²) in [5, 5.41) is 6.01. The molecule has 4 aromatic heterocycles. The van der Waals surface area contributed by atoms with Crippen LogP contribution < -0.4 is 9.47 Å². The van der Waals surface area contributed by atoms with Crippen LogP contribution in [0.15, 0.2) is 104 Å². The molecule has 0 fully saturated rings. The molecule has 0 aliphatic rings. The molecule has 0 saturated heterocycles. The minimum atomic E-state index is 0.387.